The summed E-state index contributed by atoms with van der Waals surface area (Å²) in [4.78, 5) is 4.18. The van der Waals surface area contributed by atoms with Gasteiger partial charge in [0.1, 0.15) is 0 Å². The summed E-state index contributed by atoms with van der Waals surface area (Å²) < 4.78 is 10.4. The van der Waals surface area contributed by atoms with Crippen LogP contribution in [0.2, 0.25) is 0 Å². The van der Waals surface area contributed by atoms with Gasteiger partial charge in [0.05, 0.1) is 26.5 Å². The largest absolute Gasteiger partial charge is 0.493 e. The van der Waals surface area contributed by atoms with Crippen LogP contribution in [-0.4, -0.2) is 19.2 Å². The molecular weight excluding hydrogens is 250 g/mol. The van der Waals surface area contributed by atoms with Gasteiger partial charge in [-0.1, -0.05) is 0 Å². The highest BCUT2D eigenvalue weighted by Crippen LogP contribution is 2.29. The number of methoxy groups -OCH3 is 2. The van der Waals surface area contributed by atoms with E-state index in [1.807, 2.05) is 23.6 Å². The first-order chi connectivity index (χ1) is 8.72. The first-order valence-corrected chi connectivity index (χ1v) is 6.26. The second kappa shape index (κ2) is 5.59. The third kappa shape index (κ3) is 2.84. The molecule has 0 saturated heterocycles. The highest BCUT2D eigenvalue weighted by Gasteiger charge is 2.05. The van der Waals surface area contributed by atoms with Crippen molar-refractivity contribution in [3.8, 4) is 11.5 Å². The van der Waals surface area contributed by atoms with Crippen molar-refractivity contribution in [2.75, 3.05) is 25.3 Å². The summed E-state index contributed by atoms with van der Waals surface area (Å²) in [5.74, 6) is 1.40. The molecule has 5 nitrogen and oxygen atoms in total. The molecule has 1 heterocycles. The molecule has 0 bridgehead atoms. The lowest BCUT2D eigenvalue weighted by atomic mass is 10.2. The van der Waals surface area contributed by atoms with Crippen LogP contribution in [0.25, 0.3) is 0 Å². The van der Waals surface area contributed by atoms with E-state index < -0.39 is 0 Å². The normalized spacial score (nSPS) is 10.1. The van der Waals surface area contributed by atoms with Crippen molar-refractivity contribution in [3.05, 3.63) is 29.3 Å². The van der Waals surface area contributed by atoms with Crippen LogP contribution < -0.4 is 20.5 Å². The van der Waals surface area contributed by atoms with Crippen LogP contribution in [0.5, 0.6) is 11.5 Å². The molecule has 2 aromatic rings. The minimum absolute atomic E-state index is 0.583. The first kappa shape index (κ1) is 12.5. The van der Waals surface area contributed by atoms with Gasteiger partial charge >= 0.3 is 0 Å². The van der Waals surface area contributed by atoms with Gasteiger partial charge in [0.2, 0.25) is 0 Å². The Bertz CT molecular complexity index is 528. The van der Waals surface area contributed by atoms with E-state index in [0.717, 1.165) is 11.4 Å². The van der Waals surface area contributed by atoms with Crippen LogP contribution in [-0.2, 0) is 6.54 Å². The third-order valence-corrected chi connectivity index (χ3v) is 3.15. The maximum atomic E-state index is 5.57. The van der Waals surface area contributed by atoms with Gasteiger partial charge in [0.25, 0.3) is 0 Å². The molecule has 6 heteroatoms. The van der Waals surface area contributed by atoms with E-state index in [2.05, 4.69) is 10.3 Å². The summed E-state index contributed by atoms with van der Waals surface area (Å²) in [5.41, 5.74) is 7.44. The smallest absolute Gasteiger partial charge is 0.180 e. The average Bonchev–Trinajstić information content (AvgIpc) is 2.81. The van der Waals surface area contributed by atoms with Crippen molar-refractivity contribution < 1.29 is 9.47 Å². The number of benzene rings is 1. The summed E-state index contributed by atoms with van der Waals surface area (Å²) in [5, 5.41) is 5.77. The van der Waals surface area contributed by atoms with Crippen LogP contribution in [0.3, 0.4) is 0 Å². The Morgan fingerprint density at radius 1 is 1.28 bits per heavy atom. The lowest BCUT2D eigenvalue weighted by Gasteiger charge is -2.10. The van der Waals surface area contributed by atoms with Gasteiger partial charge in [-0.25, -0.2) is 4.98 Å². The standard InChI is InChI=1S/C12H15N3O2S/c1-16-10-4-3-8(5-11(10)17-2)14-6-9-7-18-12(13)15-9/h3-5,7,14H,6H2,1-2H3,(H2,13,15). The number of nitrogens with two attached hydrogens (primary N) is 1. The predicted octanol–water partition coefficient (Wildman–Crippen LogP) is 2.35. The Balaban J connectivity index is 2.05. The van der Waals surface area contributed by atoms with Crippen molar-refractivity contribution in [1.29, 1.82) is 0 Å². The number of nitrogens with one attached hydrogen (secondary N) is 1. The first-order valence-electron chi connectivity index (χ1n) is 5.38. The maximum absolute atomic E-state index is 5.57. The zero-order valence-electron chi connectivity index (χ0n) is 10.3. The Morgan fingerprint density at radius 2 is 2.06 bits per heavy atom. The van der Waals surface area contributed by atoms with Gasteiger partial charge in [-0.15, -0.1) is 11.3 Å². The van der Waals surface area contributed by atoms with Gasteiger partial charge in [-0.2, -0.15) is 0 Å². The Morgan fingerprint density at radius 3 is 2.67 bits per heavy atom. The Hall–Kier alpha value is -1.95. The summed E-state index contributed by atoms with van der Waals surface area (Å²) in [6.07, 6.45) is 0. The fourth-order valence-electron chi connectivity index (χ4n) is 1.54. The third-order valence-electron chi connectivity index (χ3n) is 2.43. The van der Waals surface area contributed by atoms with E-state index in [-0.39, 0.29) is 0 Å². The molecule has 1 aromatic heterocycles. The predicted molar refractivity (Wildman–Crippen MR) is 73.4 cm³/mol. The number of hydrogen-bond donors (Lipinski definition) is 2. The fourth-order valence-corrected chi connectivity index (χ4v) is 2.11. The minimum atomic E-state index is 0.583. The monoisotopic (exact) mass is 265 g/mol. The molecule has 0 aliphatic heterocycles. The molecule has 0 spiro atoms. The molecule has 0 aliphatic carbocycles. The highest BCUT2D eigenvalue weighted by molar-refractivity contribution is 7.13. The molecule has 0 aliphatic rings. The van der Waals surface area contributed by atoms with Crippen molar-refractivity contribution in [2.24, 2.45) is 0 Å². The van der Waals surface area contributed by atoms with E-state index in [1.54, 1.807) is 14.2 Å². The van der Waals surface area contributed by atoms with E-state index in [0.29, 0.717) is 23.2 Å². The lowest BCUT2D eigenvalue weighted by molar-refractivity contribution is 0.355. The molecule has 0 fully saturated rings. The van der Waals surface area contributed by atoms with Gasteiger partial charge in [0.15, 0.2) is 16.6 Å². The number of thiazole rings is 1. The average molecular weight is 265 g/mol. The topological polar surface area (TPSA) is 69.4 Å². The van der Waals surface area contributed by atoms with Crippen molar-refractivity contribution in [2.45, 2.75) is 6.54 Å². The van der Waals surface area contributed by atoms with Crippen molar-refractivity contribution >= 4 is 22.2 Å². The summed E-state index contributed by atoms with van der Waals surface area (Å²) >= 11 is 1.44. The molecule has 0 unspecified atom stereocenters. The number of aromatic nitrogens is 1. The van der Waals surface area contributed by atoms with E-state index in [9.17, 15) is 0 Å². The van der Waals surface area contributed by atoms with Gasteiger partial charge < -0.3 is 20.5 Å². The Kier molecular flexibility index (Phi) is 3.88. The Labute approximate surface area is 110 Å². The van der Waals surface area contributed by atoms with Crippen LogP contribution in [0.4, 0.5) is 10.8 Å². The van der Waals surface area contributed by atoms with Crippen LogP contribution in [0.15, 0.2) is 23.6 Å². The molecule has 3 N–H and O–H groups in total. The highest BCUT2D eigenvalue weighted by atomic mass is 32.1. The summed E-state index contributed by atoms with van der Waals surface area (Å²) in [6.45, 7) is 0.628. The van der Waals surface area contributed by atoms with Gasteiger partial charge in [0, 0.05) is 17.1 Å². The number of nitrogens with zero attached hydrogens (tertiary/aromatic N) is 1. The number of hydrogen-bond acceptors (Lipinski definition) is 6. The molecule has 0 radical (unpaired) electrons. The van der Waals surface area contributed by atoms with Crippen LogP contribution in [0.1, 0.15) is 5.69 Å². The number of nitrogen functional groups attached to an aromatic ring is 1. The lowest BCUT2D eigenvalue weighted by Crippen LogP contribution is -2.00. The summed E-state index contributed by atoms with van der Waals surface area (Å²) in [7, 11) is 3.23. The fraction of sp³-hybridized carbons (Fsp3) is 0.250. The van der Waals surface area contributed by atoms with Gasteiger partial charge in [-0.3, -0.25) is 0 Å². The second-order valence-corrected chi connectivity index (χ2v) is 4.49. The summed E-state index contributed by atoms with van der Waals surface area (Å²) in [6, 6.07) is 5.67. The van der Waals surface area contributed by atoms with E-state index in [4.69, 9.17) is 15.2 Å². The van der Waals surface area contributed by atoms with Crippen molar-refractivity contribution in [3.63, 3.8) is 0 Å². The number of rotatable bonds is 5. The molecule has 0 atom stereocenters. The molecule has 2 rings (SSSR count). The zero-order chi connectivity index (χ0) is 13.0. The number of anilines is 2. The zero-order valence-corrected chi connectivity index (χ0v) is 11.1. The second-order valence-electron chi connectivity index (χ2n) is 3.60. The molecule has 0 saturated carbocycles. The number of ether oxygens (including phenoxy) is 2. The maximum Gasteiger partial charge on any atom is 0.180 e. The van der Waals surface area contributed by atoms with E-state index >= 15 is 0 Å². The quantitative estimate of drug-likeness (QED) is 0.868. The van der Waals surface area contributed by atoms with E-state index in [1.165, 1.54) is 11.3 Å². The van der Waals surface area contributed by atoms with Crippen LogP contribution in [0, 0.1) is 0 Å². The molecule has 1 aromatic carbocycles. The molecule has 96 valence electrons. The molecular formula is C12H15N3O2S. The minimum Gasteiger partial charge on any atom is -0.493 e. The van der Waals surface area contributed by atoms with Crippen LogP contribution >= 0.6 is 11.3 Å². The van der Waals surface area contributed by atoms with Crippen molar-refractivity contribution in [1.82, 2.24) is 4.98 Å². The molecule has 18 heavy (non-hydrogen) atoms. The SMILES string of the molecule is COc1ccc(NCc2csc(N)n2)cc1OC. The molecule has 0 amide bonds. The van der Waals surface area contributed by atoms with Gasteiger partial charge in [-0.05, 0) is 12.1 Å².